The van der Waals surface area contributed by atoms with Gasteiger partial charge in [-0.25, -0.2) is 18.2 Å². The zero-order chi connectivity index (χ0) is 19.8. The quantitative estimate of drug-likeness (QED) is 0.234. The molecule has 1 nitrogen and oxygen atoms in total. The molecular formula is C26H28FeNP. The van der Waals surface area contributed by atoms with E-state index in [1.165, 1.54) is 21.5 Å². The van der Waals surface area contributed by atoms with Crippen LogP contribution >= 0.6 is 7.92 Å². The molecule has 1 atom stereocenters. The average molecular weight is 441 g/mol. The van der Waals surface area contributed by atoms with Gasteiger partial charge in [0.15, 0.2) is 0 Å². The molecule has 150 valence electrons. The van der Waals surface area contributed by atoms with Crippen LogP contribution in [0.1, 0.15) is 18.5 Å². The maximum atomic E-state index is 2.31. The molecule has 0 N–H and O–H groups in total. The molecule has 4 aromatic carbocycles. The number of hydrogen-bond donors (Lipinski definition) is 0. The Morgan fingerprint density at radius 3 is 1.66 bits per heavy atom. The first-order chi connectivity index (χ1) is 13.7. The molecule has 0 unspecified atom stereocenters. The Bertz CT molecular complexity index is 857. The summed E-state index contributed by atoms with van der Waals surface area (Å²) >= 11 is 0. The average Bonchev–Trinajstić information content (AvgIpc) is 3.45. The van der Waals surface area contributed by atoms with Crippen molar-refractivity contribution in [1.29, 1.82) is 0 Å². The second-order valence-corrected chi connectivity index (χ2v) is 9.16. The Hall–Kier alpha value is -1.95. The van der Waals surface area contributed by atoms with Crippen LogP contribution in [0.2, 0.25) is 0 Å². The molecular weight excluding hydrogens is 413 g/mol. The van der Waals surface area contributed by atoms with Gasteiger partial charge in [-0.1, -0.05) is 67.6 Å². The van der Waals surface area contributed by atoms with Gasteiger partial charge in [0.25, 0.3) is 0 Å². The van der Waals surface area contributed by atoms with Gasteiger partial charge >= 0.3 is 17.1 Å². The molecule has 0 saturated carbocycles. The third kappa shape index (κ3) is 6.26. The zero-order valence-electron chi connectivity index (χ0n) is 17.2. The monoisotopic (exact) mass is 441 g/mol. The molecule has 0 spiro atoms. The van der Waals surface area contributed by atoms with Crippen molar-refractivity contribution in [1.82, 2.24) is 4.90 Å². The van der Waals surface area contributed by atoms with E-state index in [1.54, 1.807) is 0 Å². The molecule has 3 heteroatoms. The second-order valence-electron chi connectivity index (χ2n) is 6.97. The largest absolute Gasteiger partial charge is 2.00 e. The first-order valence-electron chi connectivity index (χ1n) is 9.67. The van der Waals surface area contributed by atoms with Crippen molar-refractivity contribution >= 4 is 23.8 Å². The molecule has 4 aromatic rings. The molecule has 0 saturated heterocycles. The first kappa shape index (κ1) is 23.3. The van der Waals surface area contributed by atoms with E-state index in [0.717, 1.165) is 0 Å². The zero-order valence-corrected chi connectivity index (χ0v) is 19.2. The molecule has 0 bridgehead atoms. The minimum Gasteiger partial charge on any atom is -0.315 e. The molecule has 0 fully saturated rings. The standard InChI is InChI=1S/C21H23NP.C5H5.Fe/c1-17(22(2)3)20-15-10-16-21(20)23(18-11-6-4-7-12-18)19-13-8-5-9-14-19;1-2-4-5-3-1;/h4-17H,1-3H3;1-5H;/q2*-1;+2/t17-;;/m1../s1. The van der Waals surface area contributed by atoms with Gasteiger partial charge in [-0.2, -0.15) is 35.9 Å². The molecule has 29 heavy (non-hydrogen) atoms. The van der Waals surface area contributed by atoms with E-state index in [-0.39, 0.29) is 17.1 Å². The predicted octanol–water partition coefficient (Wildman–Crippen LogP) is 5.19. The van der Waals surface area contributed by atoms with E-state index >= 15 is 0 Å². The smallest absolute Gasteiger partial charge is 0.315 e. The Kier molecular flexibility index (Phi) is 9.58. The molecule has 0 heterocycles. The molecule has 0 aromatic heterocycles. The number of nitrogens with zero attached hydrogens (tertiary/aromatic N) is 1. The summed E-state index contributed by atoms with van der Waals surface area (Å²) < 4.78 is 0. The van der Waals surface area contributed by atoms with Crippen LogP contribution in [0.3, 0.4) is 0 Å². The summed E-state index contributed by atoms with van der Waals surface area (Å²) in [5, 5.41) is 4.29. The Balaban J connectivity index is 0.000000437. The SMILES string of the molecule is C[C@H](c1cc[cH-]c1P(c1ccccc1)c1ccccc1)N(C)C.[Fe+2].c1cc[cH-]c1. The first-order valence-corrected chi connectivity index (χ1v) is 11.0. The number of hydrogen-bond acceptors (Lipinski definition) is 1. The molecule has 4 rings (SSSR count). The van der Waals surface area contributed by atoms with Crippen LogP contribution in [0.15, 0.2) is 109 Å². The Morgan fingerprint density at radius 2 is 1.24 bits per heavy atom. The van der Waals surface area contributed by atoms with Crippen molar-refractivity contribution in [3.63, 3.8) is 0 Å². The van der Waals surface area contributed by atoms with Crippen LogP contribution < -0.4 is 15.9 Å². The van der Waals surface area contributed by atoms with Gasteiger partial charge in [-0.3, -0.25) is 0 Å². The van der Waals surface area contributed by atoms with E-state index in [0.29, 0.717) is 6.04 Å². The minimum absolute atomic E-state index is 0. The van der Waals surface area contributed by atoms with Gasteiger partial charge in [-0.05, 0) is 38.7 Å². The van der Waals surface area contributed by atoms with Crippen molar-refractivity contribution in [2.24, 2.45) is 0 Å². The maximum absolute atomic E-state index is 2.31. The molecule has 0 aliphatic heterocycles. The van der Waals surface area contributed by atoms with Gasteiger partial charge < -0.3 is 4.90 Å². The summed E-state index contributed by atoms with van der Waals surface area (Å²) in [6, 6.07) is 39.0. The predicted molar refractivity (Wildman–Crippen MR) is 125 cm³/mol. The van der Waals surface area contributed by atoms with E-state index < -0.39 is 7.92 Å². The molecule has 0 aliphatic rings. The normalized spacial score (nSPS) is 11.5. The van der Waals surface area contributed by atoms with Crippen LogP contribution in [0, 0.1) is 0 Å². The third-order valence-corrected chi connectivity index (χ3v) is 7.39. The van der Waals surface area contributed by atoms with E-state index in [1.807, 2.05) is 30.3 Å². The van der Waals surface area contributed by atoms with Crippen LogP contribution in [0.25, 0.3) is 0 Å². The van der Waals surface area contributed by atoms with Gasteiger partial charge in [0.05, 0.1) is 0 Å². The Morgan fingerprint density at radius 1 is 0.724 bits per heavy atom. The van der Waals surface area contributed by atoms with Gasteiger partial charge in [0.1, 0.15) is 0 Å². The van der Waals surface area contributed by atoms with E-state index in [2.05, 4.69) is 105 Å². The summed E-state index contributed by atoms with van der Waals surface area (Å²) in [4.78, 5) is 2.28. The van der Waals surface area contributed by atoms with Gasteiger partial charge in [0, 0.05) is 0 Å². The van der Waals surface area contributed by atoms with Crippen molar-refractivity contribution < 1.29 is 17.1 Å². The second kappa shape index (κ2) is 11.9. The molecule has 0 amide bonds. The fraction of sp³-hybridized carbons (Fsp3) is 0.154. The fourth-order valence-electron chi connectivity index (χ4n) is 3.16. The summed E-state index contributed by atoms with van der Waals surface area (Å²) in [6.07, 6.45) is 0. The van der Waals surface area contributed by atoms with E-state index in [4.69, 9.17) is 0 Å². The van der Waals surface area contributed by atoms with Crippen LogP contribution in [-0.2, 0) is 17.1 Å². The molecule has 0 aliphatic carbocycles. The van der Waals surface area contributed by atoms with Crippen LogP contribution in [0.5, 0.6) is 0 Å². The maximum Gasteiger partial charge on any atom is 2.00 e. The van der Waals surface area contributed by atoms with Crippen LogP contribution in [-0.4, -0.2) is 19.0 Å². The Labute approximate surface area is 187 Å². The number of rotatable bonds is 5. The van der Waals surface area contributed by atoms with Crippen molar-refractivity contribution in [2.45, 2.75) is 13.0 Å². The van der Waals surface area contributed by atoms with Crippen molar-refractivity contribution in [3.8, 4) is 0 Å². The van der Waals surface area contributed by atoms with Crippen LogP contribution in [0.4, 0.5) is 0 Å². The fourth-order valence-corrected chi connectivity index (χ4v) is 5.71. The van der Waals surface area contributed by atoms with E-state index in [9.17, 15) is 0 Å². The summed E-state index contributed by atoms with van der Waals surface area (Å²) in [5.41, 5.74) is 1.44. The van der Waals surface area contributed by atoms with Gasteiger partial charge in [-0.15, -0.1) is 5.30 Å². The summed E-state index contributed by atoms with van der Waals surface area (Å²) in [5.74, 6) is 0. The molecule has 0 radical (unpaired) electrons. The van der Waals surface area contributed by atoms with Crippen molar-refractivity contribution in [3.05, 3.63) is 115 Å². The van der Waals surface area contributed by atoms with Gasteiger partial charge in [0.2, 0.25) is 0 Å². The summed E-state index contributed by atoms with van der Waals surface area (Å²) in [7, 11) is 3.78. The third-order valence-electron chi connectivity index (χ3n) is 4.88. The number of benzene rings is 2. The topological polar surface area (TPSA) is 3.24 Å². The van der Waals surface area contributed by atoms with Crippen molar-refractivity contribution in [2.75, 3.05) is 14.1 Å². The summed E-state index contributed by atoms with van der Waals surface area (Å²) in [6.45, 7) is 2.28. The minimum atomic E-state index is -0.514.